The number of hydrogen-bond acceptors (Lipinski definition) is 6. The van der Waals surface area contributed by atoms with Crippen molar-refractivity contribution in [2.75, 3.05) is 37.7 Å². The average molecular weight is 428 g/mol. The number of aliphatic hydroxyl groups is 1. The van der Waals surface area contributed by atoms with E-state index in [1.807, 2.05) is 32.0 Å². The number of aromatic nitrogens is 1. The summed E-state index contributed by atoms with van der Waals surface area (Å²) in [6.07, 6.45) is 5.85. The summed E-state index contributed by atoms with van der Waals surface area (Å²) in [6.45, 7) is 8.74. The Balaban J connectivity index is 1.57. The summed E-state index contributed by atoms with van der Waals surface area (Å²) in [7, 11) is 0. The highest BCUT2D eigenvalue weighted by Gasteiger charge is 2.29. The molecule has 1 aromatic heterocycles. The van der Waals surface area contributed by atoms with Crippen molar-refractivity contribution >= 4 is 5.88 Å². The third-order valence-electron chi connectivity index (χ3n) is 6.14. The van der Waals surface area contributed by atoms with Crippen LogP contribution >= 0.6 is 0 Å². The number of anilines is 1. The van der Waals surface area contributed by atoms with Gasteiger partial charge in [0.25, 0.3) is 0 Å². The number of nitrogens with zero attached hydrogens (tertiary/aromatic N) is 3. The first-order valence-corrected chi connectivity index (χ1v) is 11.9. The number of rotatable bonds is 11. The summed E-state index contributed by atoms with van der Waals surface area (Å²) in [4.78, 5) is 4.73. The molecule has 1 aromatic carbocycles. The summed E-state index contributed by atoms with van der Waals surface area (Å²) < 4.78 is 11.6. The third-order valence-corrected chi connectivity index (χ3v) is 6.14. The van der Waals surface area contributed by atoms with Gasteiger partial charge in [0, 0.05) is 38.3 Å². The smallest absolute Gasteiger partial charge is 0.232 e. The Labute approximate surface area is 186 Å². The van der Waals surface area contributed by atoms with Crippen LogP contribution in [0.15, 0.2) is 34.9 Å². The van der Waals surface area contributed by atoms with Crippen molar-refractivity contribution in [2.24, 2.45) is 5.92 Å². The van der Waals surface area contributed by atoms with E-state index in [1.54, 1.807) is 0 Å². The Morgan fingerprint density at radius 3 is 2.58 bits per heavy atom. The lowest BCUT2D eigenvalue weighted by atomic mass is 10.1. The molecule has 4 rings (SSSR count). The first kappa shape index (κ1) is 22.3. The van der Waals surface area contributed by atoms with Gasteiger partial charge in [0.15, 0.2) is 0 Å². The van der Waals surface area contributed by atoms with Gasteiger partial charge in [-0.2, -0.15) is 0 Å². The summed E-state index contributed by atoms with van der Waals surface area (Å²) in [5, 5.41) is 15.1. The highest BCUT2D eigenvalue weighted by Crippen LogP contribution is 2.35. The Bertz CT molecular complexity index is 798. The van der Waals surface area contributed by atoms with Crippen molar-refractivity contribution < 1.29 is 14.4 Å². The average Bonchev–Trinajstić information content (AvgIpc) is 3.50. The minimum Gasteiger partial charge on any atom is -0.389 e. The van der Waals surface area contributed by atoms with Crippen LogP contribution in [0.4, 0.5) is 5.88 Å². The molecule has 2 aliphatic rings. The van der Waals surface area contributed by atoms with Crippen LogP contribution in [0.3, 0.4) is 0 Å². The first-order chi connectivity index (χ1) is 15.1. The van der Waals surface area contributed by atoms with Crippen LogP contribution in [-0.2, 0) is 11.3 Å². The maximum absolute atomic E-state index is 10.6. The van der Waals surface area contributed by atoms with Crippen molar-refractivity contribution in [3.05, 3.63) is 35.9 Å². The minimum absolute atomic E-state index is 0.125. The van der Waals surface area contributed by atoms with Gasteiger partial charge < -0.3 is 19.3 Å². The number of benzene rings is 1. The highest BCUT2D eigenvalue weighted by atomic mass is 16.5. The quantitative estimate of drug-likeness (QED) is 0.576. The van der Waals surface area contributed by atoms with E-state index in [-0.39, 0.29) is 6.10 Å². The molecule has 2 heterocycles. The molecule has 1 saturated heterocycles. The molecule has 1 atom stereocenters. The van der Waals surface area contributed by atoms with Gasteiger partial charge in [0.05, 0.1) is 24.4 Å². The predicted octanol–water partition coefficient (Wildman–Crippen LogP) is 4.33. The van der Waals surface area contributed by atoms with Gasteiger partial charge in [-0.05, 0) is 51.9 Å². The maximum atomic E-state index is 10.6. The molecule has 1 unspecified atom stereocenters. The molecule has 0 amide bonds. The molecular formula is C25H37N3O3. The number of hydrogen-bond donors (Lipinski definition) is 1. The number of piperidine rings is 1. The second-order valence-electron chi connectivity index (χ2n) is 9.40. The van der Waals surface area contributed by atoms with Crippen LogP contribution in [0.5, 0.6) is 0 Å². The molecule has 2 aromatic rings. The molecule has 1 saturated carbocycles. The fourth-order valence-electron chi connectivity index (χ4n) is 4.36. The first-order valence-electron chi connectivity index (χ1n) is 11.9. The fraction of sp³-hybridized carbons (Fsp3) is 0.640. The molecule has 6 heteroatoms. The van der Waals surface area contributed by atoms with E-state index in [4.69, 9.17) is 9.26 Å². The second kappa shape index (κ2) is 10.6. The largest absolute Gasteiger partial charge is 0.389 e. The van der Waals surface area contributed by atoms with Crippen LogP contribution in [-0.4, -0.2) is 60.2 Å². The standard InChI is InChI=1S/C25H37N3O3/c1-19(2)30-18-22(29)16-27(15-20-11-12-20)17-23-24(21-9-5-3-6-10-21)26-31-25(23)28-13-7-4-8-14-28/h3,5-6,9-10,19-20,22,29H,4,7-8,11-18H2,1-2H3. The number of ether oxygens (including phenoxy) is 1. The molecular weight excluding hydrogens is 390 g/mol. The third kappa shape index (κ3) is 6.31. The Hall–Kier alpha value is -1.89. The van der Waals surface area contributed by atoms with Gasteiger partial charge in [0.2, 0.25) is 5.88 Å². The zero-order valence-electron chi connectivity index (χ0n) is 19.0. The molecule has 0 radical (unpaired) electrons. The van der Waals surface area contributed by atoms with Gasteiger partial charge in [-0.25, -0.2) is 0 Å². The SMILES string of the molecule is CC(C)OCC(O)CN(Cc1c(-c2ccccc2)noc1N1CCCCC1)CC1CC1. The molecule has 6 nitrogen and oxygen atoms in total. The van der Waals surface area contributed by atoms with Gasteiger partial charge in [0.1, 0.15) is 5.69 Å². The normalized spacial score (nSPS) is 18.2. The summed E-state index contributed by atoms with van der Waals surface area (Å²) in [5.74, 6) is 1.64. The van der Waals surface area contributed by atoms with E-state index in [0.29, 0.717) is 13.2 Å². The Morgan fingerprint density at radius 1 is 1.16 bits per heavy atom. The monoisotopic (exact) mass is 427 g/mol. The van der Waals surface area contributed by atoms with E-state index in [0.717, 1.165) is 54.8 Å². The second-order valence-corrected chi connectivity index (χ2v) is 9.40. The predicted molar refractivity (Wildman–Crippen MR) is 123 cm³/mol. The zero-order chi connectivity index (χ0) is 21.6. The minimum atomic E-state index is -0.500. The van der Waals surface area contributed by atoms with Crippen LogP contribution in [0.2, 0.25) is 0 Å². The lowest BCUT2D eigenvalue weighted by Crippen LogP contribution is -2.37. The van der Waals surface area contributed by atoms with Crippen molar-refractivity contribution in [1.29, 1.82) is 0 Å². The molecule has 1 aliphatic carbocycles. The van der Waals surface area contributed by atoms with Gasteiger partial charge in [-0.1, -0.05) is 35.5 Å². The van der Waals surface area contributed by atoms with Gasteiger partial charge in [-0.3, -0.25) is 4.90 Å². The lowest BCUT2D eigenvalue weighted by molar-refractivity contribution is -0.0100. The summed E-state index contributed by atoms with van der Waals surface area (Å²) >= 11 is 0. The van der Waals surface area contributed by atoms with Gasteiger partial charge >= 0.3 is 0 Å². The zero-order valence-corrected chi connectivity index (χ0v) is 19.0. The number of aliphatic hydroxyl groups excluding tert-OH is 1. The molecule has 1 N–H and O–H groups in total. The van der Waals surface area contributed by atoms with Crippen LogP contribution in [0.1, 0.15) is 51.5 Å². The fourth-order valence-corrected chi connectivity index (χ4v) is 4.36. The maximum Gasteiger partial charge on any atom is 0.232 e. The summed E-state index contributed by atoms with van der Waals surface area (Å²) in [6, 6.07) is 10.3. The van der Waals surface area contributed by atoms with Crippen LogP contribution in [0.25, 0.3) is 11.3 Å². The molecule has 2 fully saturated rings. The molecule has 0 spiro atoms. The van der Waals surface area contributed by atoms with Crippen molar-refractivity contribution in [2.45, 2.75) is 64.7 Å². The highest BCUT2D eigenvalue weighted by molar-refractivity contribution is 5.68. The van der Waals surface area contributed by atoms with E-state index < -0.39 is 6.10 Å². The Morgan fingerprint density at radius 2 is 1.90 bits per heavy atom. The van der Waals surface area contributed by atoms with E-state index in [2.05, 4.69) is 27.1 Å². The molecule has 0 bridgehead atoms. The molecule has 31 heavy (non-hydrogen) atoms. The van der Waals surface area contributed by atoms with Crippen LogP contribution in [0, 0.1) is 5.92 Å². The van der Waals surface area contributed by atoms with Gasteiger partial charge in [-0.15, -0.1) is 0 Å². The van der Waals surface area contributed by atoms with E-state index in [9.17, 15) is 5.11 Å². The molecule has 170 valence electrons. The van der Waals surface area contributed by atoms with E-state index >= 15 is 0 Å². The Kier molecular flexibility index (Phi) is 7.64. The van der Waals surface area contributed by atoms with Crippen LogP contribution < -0.4 is 4.90 Å². The summed E-state index contributed by atoms with van der Waals surface area (Å²) in [5.41, 5.74) is 3.15. The van der Waals surface area contributed by atoms with Crippen molar-refractivity contribution in [3.8, 4) is 11.3 Å². The molecule has 1 aliphatic heterocycles. The van der Waals surface area contributed by atoms with Crippen molar-refractivity contribution in [1.82, 2.24) is 10.1 Å². The lowest BCUT2D eigenvalue weighted by Gasteiger charge is -2.29. The van der Waals surface area contributed by atoms with Crippen molar-refractivity contribution in [3.63, 3.8) is 0 Å². The van der Waals surface area contributed by atoms with E-state index in [1.165, 1.54) is 32.1 Å². The topological polar surface area (TPSA) is 62.0 Å².